The molecule has 6 heteroatoms. The second-order valence-corrected chi connectivity index (χ2v) is 8.62. The summed E-state index contributed by atoms with van der Waals surface area (Å²) in [7, 11) is 1.85. The highest BCUT2D eigenvalue weighted by atomic mass is 35.5. The number of thiophene rings is 1. The van der Waals surface area contributed by atoms with Gasteiger partial charge in [0.25, 0.3) is 0 Å². The maximum Gasteiger partial charge on any atom is 0.233 e. The molecule has 1 aromatic heterocycles. The van der Waals surface area contributed by atoms with Gasteiger partial charge in [-0.05, 0) is 30.5 Å². The van der Waals surface area contributed by atoms with E-state index in [9.17, 15) is 9.59 Å². The van der Waals surface area contributed by atoms with Crippen molar-refractivity contribution in [2.45, 2.75) is 31.7 Å². The van der Waals surface area contributed by atoms with E-state index in [0.717, 1.165) is 14.8 Å². The largest absolute Gasteiger partial charge is 0.343 e. The van der Waals surface area contributed by atoms with Gasteiger partial charge >= 0.3 is 0 Å². The Morgan fingerprint density at radius 2 is 1.81 bits per heavy atom. The lowest BCUT2D eigenvalue weighted by atomic mass is 9.71. The van der Waals surface area contributed by atoms with Crippen LogP contribution in [0.1, 0.15) is 30.2 Å². The number of likely N-dealkylation sites (tertiary alicyclic amines) is 1. The Balaban J connectivity index is 1.86. The first-order chi connectivity index (χ1) is 12.4. The van der Waals surface area contributed by atoms with Crippen LogP contribution in [-0.2, 0) is 21.5 Å². The number of benzene rings is 1. The van der Waals surface area contributed by atoms with Gasteiger partial charge in [0.05, 0.1) is 16.3 Å². The molecule has 1 aliphatic rings. The highest BCUT2D eigenvalue weighted by Gasteiger charge is 2.44. The lowest BCUT2D eigenvalue weighted by Crippen LogP contribution is -2.52. The van der Waals surface area contributed by atoms with Crippen LogP contribution >= 0.6 is 22.9 Å². The monoisotopic (exact) mass is 390 g/mol. The second-order valence-electron chi connectivity index (χ2n) is 6.82. The number of piperidine rings is 1. The quantitative estimate of drug-likeness (QED) is 0.793. The lowest BCUT2D eigenvalue weighted by molar-refractivity contribution is -0.141. The molecule has 0 aliphatic carbocycles. The van der Waals surface area contributed by atoms with Gasteiger partial charge in [0, 0.05) is 31.9 Å². The fraction of sp³-hybridized carbons (Fsp3) is 0.400. The molecule has 1 fully saturated rings. The van der Waals surface area contributed by atoms with Crippen LogP contribution in [0.3, 0.4) is 0 Å². The van der Waals surface area contributed by atoms with Gasteiger partial charge in [-0.1, -0.05) is 41.9 Å². The number of carbonyl (C=O) groups is 2. The SMILES string of the molecule is CC(=O)N1CCC(C(=O)N(C)Cc2ccc(Cl)s2)(c2ccccc2)CC1. The van der Waals surface area contributed by atoms with Gasteiger partial charge < -0.3 is 9.80 Å². The first kappa shape index (κ1) is 18.9. The Morgan fingerprint density at radius 3 is 2.35 bits per heavy atom. The third-order valence-electron chi connectivity index (χ3n) is 5.17. The van der Waals surface area contributed by atoms with E-state index in [2.05, 4.69) is 0 Å². The lowest BCUT2D eigenvalue weighted by Gasteiger charge is -2.42. The molecule has 0 saturated carbocycles. The summed E-state index contributed by atoms with van der Waals surface area (Å²) in [6.07, 6.45) is 1.29. The molecule has 4 nitrogen and oxygen atoms in total. The van der Waals surface area contributed by atoms with Gasteiger partial charge in [-0.3, -0.25) is 9.59 Å². The van der Waals surface area contributed by atoms with Crippen molar-refractivity contribution in [1.29, 1.82) is 0 Å². The van der Waals surface area contributed by atoms with Gasteiger partial charge in [0.1, 0.15) is 0 Å². The van der Waals surface area contributed by atoms with E-state index in [1.807, 2.05) is 54.4 Å². The van der Waals surface area contributed by atoms with Crippen molar-refractivity contribution < 1.29 is 9.59 Å². The fourth-order valence-electron chi connectivity index (χ4n) is 3.69. The van der Waals surface area contributed by atoms with E-state index < -0.39 is 5.41 Å². The predicted molar refractivity (Wildman–Crippen MR) is 105 cm³/mol. The van der Waals surface area contributed by atoms with Crippen LogP contribution in [0.4, 0.5) is 0 Å². The zero-order chi connectivity index (χ0) is 18.7. The van der Waals surface area contributed by atoms with Crippen LogP contribution in [0.2, 0.25) is 4.34 Å². The molecule has 26 heavy (non-hydrogen) atoms. The number of hydrogen-bond donors (Lipinski definition) is 0. The second kappa shape index (κ2) is 7.80. The molecular weight excluding hydrogens is 368 g/mol. The Morgan fingerprint density at radius 1 is 1.15 bits per heavy atom. The number of rotatable bonds is 4. The maximum atomic E-state index is 13.5. The molecule has 2 aromatic rings. The standard InChI is InChI=1S/C20H23ClN2O2S/c1-15(24)23-12-10-20(11-13-23,16-6-4-3-5-7-16)19(25)22(2)14-17-8-9-18(21)26-17/h3-9H,10-14H2,1-2H3. The summed E-state index contributed by atoms with van der Waals surface area (Å²) in [6.45, 7) is 3.34. The molecule has 0 atom stereocenters. The topological polar surface area (TPSA) is 40.6 Å². The van der Waals surface area contributed by atoms with Crippen molar-refractivity contribution in [2.24, 2.45) is 0 Å². The maximum absolute atomic E-state index is 13.5. The number of carbonyl (C=O) groups excluding carboxylic acids is 2. The number of hydrogen-bond acceptors (Lipinski definition) is 3. The van der Waals surface area contributed by atoms with Crippen LogP contribution in [0.5, 0.6) is 0 Å². The summed E-state index contributed by atoms with van der Waals surface area (Å²) < 4.78 is 0.730. The van der Waals surface area contributed by atoms with Crippen molar-refractivity contribution in [3.8, 4) is 0 Å². The zero-order valence-electron chi connectivity index (χ0n) is 15.1. The molecule has 0 radical (unpaired) electrons. The molecule has 0 unspecified atom stereocenters. The van der Waals surface area contributed by atoms with Crippen molar-refractivity contribution in [2.75, 3.05) is 20.1 Å². The van der Waals surface area contributed by atoms with E-state index in [4.69, 9.17) is 11.6 Å². The molecule has 1 aliphatic heterocycles. The summed E-state index contributed by atoms with van der Waals surface area (Å²) in [5.74, 6) is 0.178. The minimum Gasteiger partial charge on any atom is -0.343 e. The molecule has 1 saturated heterocycles. The van der Waals surface area contributed by atoms with E-state index in [1.54, 1.807) is 11.8 Å². The molecule has 2 heterocycles. The summed E-state index contributed by atoms with van der Waals surface area (Å²) in [5, 5.41) is 0. The molecule has 1 aromatic carbocycles. The van der Waals surface area contributed by atoms with Gasteiger partial charge in [0.15, 0.2) is 0 Å². The number of halogens is 1. The van der Waals surface area contributed by atoms with E-state index in [1.165, 1.54) is 11.3 Å². The van der Waals surface area contributed by atoms with Crippen molar-refractivity contribution >= 4 is 34.8 Å². The average Bonchev–Trinajstić information content (AvgIpc) is 3.06. The third kappa shape index (κ3) is 3.79. The van der Waals surface area contributed by atoms with Crippen molar-refractivity contribution in [1.82, 2.24) is 9.80 Å². The predicted octanol–water partition coefficient (Wildman–Crippen LogP) is 3.94. The average molecular weight is 391 g/mol. The number of likely N-dealkylation sites (N-methyl/N-ethyl adjacent to an activating group) is 1. The first-order valence-electron chi connectivity index (χ1n) is 8.73. The Hall–Kier alpha value is -1.85. The Labute approximate surface area is 163 Å². The highest BCUT2D eigenvalue weighted by molar-refractivity contribution is 7.16. The van der Waals surface area contributed by atoms with E-state index >= 15 is 0 Å². The van der Waals surface area contributed by atoms with Crippen LogP contribution < -0.4 is 0 Å². The Bertz CT molecular complexity index is 782. The molecule has 138 valence electrons. The zero-order valence-corrected chi connectivity index (χ0v) is 16.6. The first-order valence-corrected chi connectivity index (χ1v) is 9.93. The third-order valence-corrected chi connectivity index (χ3v) is 6.38. The number of nitrogens with zero attached hydrogens (tertiary/aromatic N) is 2. The normalized spacial score (nSPS) is 16.3. The summed E-state index contributed by atoms with van der Waals surface area (Å²) >= 11 is 7.52. The minimum absolute atomic E-state index is 0.0701. The summed E-state index contributed by atoms with van der Waals surface area (Å²) in [4.78, 5) is 29.9. The highest BCUT2D eigenvalue weighted by Crippen LogP contribution is 2.38. The van der Waals surface area contributed by atoms with Gasteiger partial charge in [-0.2, -0.15) is 0 Å². The molecule has 0 bridgehead atoms. The Kier molecular flexibility index (Phi) is 5.68. The van der Waals surface area contributed by atoms with Crippen LogP contribution in [0.15, 0.2) is 42.5 Å². The molecule has 0 N–H and O–H groups in total. The molecule has 2 amide bonds. The molecule has 0 spiro atoms. The van der Waals surface area contributed by atoms with Gasteiger partial charge in [0.2, 0.25) is 11.8 Å². The summed E-state index contributed by atoms with van der Waals surface area (Å²) in [5.41, 5.74) is 0.451. The van der Waals surface area contributed by atoms with E-state index in [-0.39, 0.29) is 11.8 Å². The number of amides is 2. The minimum atomic E-state index is -0.580. The summed E-state index contributed by atoms with van der Waals surface area (Å²) in [6, 6.07) is 13.8. The van der Waals surface area contributed by atoms with E-state index in [0.29, 0.717) is 32.5 Å². The molecular formula is C20H23ClN2O2S. The van der Waals surface area contributed by atoms with Crippen LogP contribution in [0, 0.1) is 0 Å². The smallest absolute Gasteiger partial charge is 0.233 e. The molecule has 3 rings (SSSR count). The van der Waals surface area contributed by atoms with Crippen molar-refractivity contribution in [3.63, 3.8) is 0 Å². The van der Waals surface area contributed by atoms with Crippen LogP contribution in [-0.4, -0.2) is 41.8 Å². The van der Waals surface area contributed by atoms with Crippen molar-refractivity contribution in [3.05, 3.63) is 57.2 Å². The van der Waals surface area contributed by atoms with Gasteiger partial charge in [-0.15, -0.1) is 11.3 Å². The fourth-order valence-corrected chi connectivity index (χ4v) is 4.84. The van der Waals surface area contributed by atoms with Gasteiger partial charge in [-0.25, -0.2) is 0 Å². The van der Waals surface area contributed by atoms with Crippen LogP contribution in [0.25, 0.3) is 0 Å².